The van der Waals surface area contributed by atoms with Crippen LogP contribution >= 0.6 is 0 Å². The average molecular weight is 212 g/mol. The molecule has 3 nitrogen and oxygen atoms in total. The number of ether oxygens (including phenoxy) is 1. The van der Waals surface area contributed by atoms with E-state index in [-0.39, 0.29) is 0 Å². The summed E-state index contributed by atoms with van der Waals surface area (Å²) in [5, 5.41) is 3.61. The van der Waals surface area contributed by atoms with E-state index in [1.807, 2.05) is 0 Å². The second-order valence-electron chi connectivity index (χ2n) is 5.02. The minimum Gasteiger partial charge on any atom is -0.381 e. The van der Waals surface area contributed by atoms with Crippen LogP contribution in [0.25, 0.3) is 0 Å². The van der Waals surface area contributed by atoms with E-state index in [9.17, 15) is 0 Å². The van der Waals surface area contributed by atoms with Crippen LogP contribution < -0.4 is 5.32 Å². The van der Waals surface area contributed by atoms with Gasteiger partial charge in [-0.15, -0.1) is 0 Å². The highest BCUT2D eigenvalue weighted by molar-refractivity contribution is 4.78. The summed E-state index contributed by atoms with van der Waals surface area (Å²) in [6.07, 6.45) is 5.32. The summed E-state index contributed by atoms with van der Waals surface area (Å²) >= 11 is 0. The summed E-state index contributed by atoms with van der Waals surface area (Å²) in [6, 6.07) is 0.773. The van der Waals surface area contributed by atoms with Gasteiger partial charge in [-0.3, -0.25) is 0 Å². The monoisotopic (exact) mass is 212 g/mol. The summed E-state index contributed by atoms with van der Waals surface area (Å²) in [4.78, 5) is 2.48. The van der Waals surface area contributed by atoms with E-state index >= 15 is 0 Å². The van der Waals surface area contributed by atoms with Crippen molar-refractivity contribution in [2.24, 2.45) is 5.92 Å². The molecule has 0 saturated carbocycles. The summed E-state index contributed by atoms with van der Waals surface area (Å²) in [7, 11) is 2.24. The highest BCUT2D eigenvalue weighted by atomic mass is 16.5. The molecule has 0 radical (unpaired) electrons. The summed E-state index contributed by atoms with van der Waals surface area (Å²) in [6.45, 7) is 5.52. The van der Waals surface area contributed by atoms with Crippen LogP contribution in [0.3, 0.4) is 0 Å². The van der Waals surface area contributed by atoms with Crippen molar-refractivity contribution < 1.29 is 4.74 Å². The van der Waals surface area contributed by atoms with Gasteiger partial charge in [-0.25, -0.2) is 0 Å². The molecule has 0 aromatic carbocycles. The maximum absolute atomic E-state index is 5.48. The van der Waals surface area contributed by atoms with Crippen molar-refractivity contribution in [3.63, 3.8) is 0 Å². The lowest BCUT2D eigenvalue weighted by molar-refractivity contribution is 0.0544. The second kappa shape index (κ2) is 5.83. The van der Waals surface area contributed by atoms with E-state index in [1.165, 1.54) is 32.2 Å². The first-order chi connectivity index (χ1) is 7.36. The fourth-order valence-electron chi connectivity index (χ4n) is 2.66. The standard InChI is InChI=1S/C12H24N2O/c1-14-6-2-5-12(14)9-13-8-11-4-3-7-15-10-11/h11-13H,2-10H2,1H3. The largest absolute Gasteiger partial charge is 0.381 e. The SMILES string of the molecule is CN1CCCC1CNCC1CCCOC1. The van der Waals surface area contributed by atoms with Crippen LogP contribution in [-0.4, -0.2) is 50.8 Å². The van der Waals surface area contributed by atoms with Crippen LogP contribution in [0.1, 0.15) is 25.7 Å². The molecule has 3 heteroatoms. The molecular weight excluding hydrogens is 188 g/mol. The predicted molar refractivity (Wildman–Crippen MR) is 62.1 cm³/mol. The molecule has 2 unspecified atom stereocenters. The van der Waals surface area contributed by atoms with Gasteiger partial charge in [0.15, 0.2) is 0 Å². The van der Waals surface area contributed by atoms with Gasteiger partial charge in [0.2, 0.25) is 0 Å². The van der Waals surface area contributed by atoms with Gasteiger partial charge in [0, 0.05) is 25.7 Å². The maximum atomic E-state index is 5.48. The lowest BCUT2D eigenvalue weighted by Crippen LogP contribution is -2.38. The molecule has 2 fully saturated rings. The summed E-state index contributed by atoms with van der Waals surface area (Å²) < 4.78 is 5.48. The Balaban J connectivity index is 1.57. The van der Waals surface area contributed by atoms with Crippen molar-refractivity contribution in [2.45, 2.75) is 31.7 Å². The lowest BCUT2D eigenvalue weighted by atomic mass is 10.0. The Kier molecular flexibility index (Phi) is 4.42. The molecule has 15 heavy (non-hydrogen) atoms. The number of likely N-dealkylation sites (tertiary alicyclic amines) is 1. The second-order valence-corrected chi connectivity index (χ2v) is 5.02. The molecule has 2 heterocycles. The van der Waals surface area contributed by atoms with Crippen LogP contribution in [0.4, 0.5) is 0 Å². The first-order valence-corrected chi connectivity index (χ1v) is 6.35. The molecule has 88 valence electrons. The molecule has 1 N–H and O–H groups in total. The van der Waals surface area contributed by atoms with Gasteiger partial charge in [-0.1, -0.05) is 0 Å². The smallest absolute Gasteiger partial charge is 0.0506 e. The van der Waals surface area contributed by atoms with E-state index in [0.717, 1.165) is 38.3 Å². The average Bonchev–Trinajstić information content (AvgIpc) is 2.66. The molecular formula is C12H24N2O. The summed E-state index contributed by atoms with van der Waals surface area (Å²) in [5.41, 5.74) is 0. The molecule has 2 atom stereocenters. The minimum atomic E-state index is 0.755. The van der Waals surface area contributed by atoms with Gasteiger partial charge in [0.1, 0.15) is 0 Å². The Morgan fingerprint density at radius 1 is 1.27 bits per heavy atom. The van der Waals surface area contributed by atoms with Crippen LogP contribution in [0.2, 0.25) is 0 Å². The summed E-state index contributed by atoms with van der Waals surface area (Å²) in [5.74, 6) is 0.755. The van der Waals surface area contributed by atoms with Crippen molar-refractivity contribution in [1.29, 1.82) is 0 Å². The first kappa shape index (κ1) is 11.4. The van der Waals surface area contributed by atoms with E-state index in [1.54, 1.807) is 0 Å². The molecule has 2 rings (SSSR count). The van der Waals surface area contributed by atoms with Gasteiger partial charge in [-0.2, -0.15) is 0 Å². The molecule has 0 amide bonds. The van der Waals surface area contributed by atoms with E-state index in [4.69, 9.17) is 4.74 Å². The third-order valence-corrected chi connectivity index (χ3v) is 3.74. The third-order valence-electron chi connectivity index (χ3n) is 3.74. The number of likely N-dealkylation sites (N-methyl/N-ethyl adjacent to an activating group) is 1. The van der Waals surface area contributed by atoms with E-state index < -0.39 is 0 Å². The third kappa shape index (κ3) is 3.44. The molecule has 0 aromatic heterocycles. The lowest BCUT2D eigenvalue weighted by Gasteiger charge is -2.24. The van der Waals surface area contributed by atoms with Gasteiger partial charge in [-0.05, 0) is 45.2 Å². The van der Waals surface area contributed by atoms with E-state index in [0.29, 0.717) is 0 Å². The quantitative estimate of drug-likeness (QED) is 0.755. The molecule has 2 aliphatic heterocycles. The topological polar surface area (TPSA) is 24.5 Å². The van der Waals surface area contributed by atoms with E-state index in [2.05, 4.69) is 17.3 Å². The van der Waals surface area contributed by atoms with Crippen LogP contribution in [0.15, 0.2) is 0 Å². The van der Waals surface area contributed by atoms with Crippen LogP contribution in [-0.2, 0) is 4.74 Å². The highest BCUT2D eigenvalue weighted by Crippen LogP contribution is 2.15. The zero-order valence-electron chi connectivity index (χ0n) is 9.87. The maximum Gasteiger partial charge on any atom is 0.0506 e. The normalized spacial score (nSPS) is 33.4. The van der Waals surface area contributed by atoms with Crippen molar-refractivity contribution in [2.75, 3.05) is 39.9 Å². The first-order valence-electron chi connectivity index (χ1n) is 6.35. The number of hydrogen-bond acceptors (Lipinski definition) is 3. The molecule has 0 spiro atoms. The van der Waals surface area contributed by atoms with Gasteiger partial charge in [0.25, 0.3) is 0 Å². The minimum absolute atomic E-state index is 0.755. The Morgan fingerprint density at radius 3 is 2.87 bits per heavy atom. The van der Waals surface area contributed by atoms with Crippen molar-refractivity contribution >= 4 is 0 Å². The molecule has 2 aliphatic rings. The highest BCUT2D eigenvalue weighted by Gasteiger charge is 2.20. The number of nitrogens with one attached hydrogen (secondary N) is 1. The molecule has 0 bridgehead atoms. The van der Waals surface area contributed by atoms with Crippen molar-refractivity contribution in [1.82, 2.24) is 10.2 Å². The predicted octanol–water partition coefficient (Wildman–Crippen LogP) is 1.10. The zero-order chi connectivity index (χ0) is 10.5. The van der Waals surface area contributed by atoms with Gasteiger partial charge >= 0.3 is 0 Å². The van der Waals surface area contributed by atoms with Crippen LogP contribution in [0.5, 0.6) is 0 Å². The van der Waals surface area contributed by atoms with Crippen molar-refractivity contribution in [3.8, 4) is 0 Å². The molecule has 0 aliphatic carbocycles. The molecule has 0 aromatic rings. The number of rotatable bonds is 4. The Hall–Kier alpha value is -0.120. The van der Waals surface area contributed by atoms with Crippen molar-refractivity contribution in [3.05, 3.63) is 0 Å². The molecule has 2 saturated heterocycles. The fourth-order valence-corrected chi connectivity index (χ4v) is 2.66. The van der Waals surface area contributed by atoms with Crippen LogP contribution in [0, 0.1) is 5.92 Å². The zero-order valence-corrected chi connectivity index (χ0v) is 9.87. The van der Waals surface area contributed by atoms with Gasteiger partial charge < -0.3 is 15.0 Å². The Bertz CT molecular complexity index is 180. The van der Waals surface area contributed by atoms with Gasteiger partial charge in [0.05, 0.1) is 6.61 Å². The number of nitrogens with zero attached hydrogens (tertiary/aromatic N) is 1. The number of hydrogen-bond donors (Lipinski definition) is 1. The fraction of sp³-hybridized carbons (Fsp3) is 1.00. The Labute approximate surface area is 93.2 Å². The Morgan fingerprint density at radius 2 is 2.20 bits per heavy atom.